The summed E-state index contributed by atoms with van der Waals surface area (Å²) in [5.41, 5.74) is 8.28. The minimum Gasteiger partial charge on any atom is -0.480 e. The molecule has 1 atom stereocenters. The Bertz CT molecular complexity index is 807. The van der Waals surface area contributed by atoms with Gasteiger partial charge in [-0.25, -0.2) is 4.39 Å². The van der Waals surface area contributed by atoms with Gasteiger partial charge in [0.1, 0.15) is 11.4 Å². The van der Waals surface area contributed by atoms with E-state index in [2.05, 4.69) is 17.4 Å². The molecule has 1 unspecified atom stereocenters. The van der Waals surface area contributed by atoms with Gasteiger partial charge >= 0.3 is 5.97 Å². The summed E-state index contributed by atoms with van der Waals surface area (Å²) < 4.78 is 13.1. The summed E-state index contributed by atoms with van der Waals surface area (Å²) in [7, 11) is 5.51. The molecule has 152 valence electrons. The third kappa shape index (κ3) is 5.25. The number of hydrogen-bond acceptors (Lipinski definition) is 3. The van der Waals surface area contributed by atoms with Gasteiger partial charge in [0.15, 0.2) is 0 Å². The van der Waals surface area contributed by atoms with Crippen molar-refractivity contribution in [3.63, 3.8) is 0 Å². The SMILES string of the molecule is [B]CCCCC(N)(C(=O)O)C1CC(NCc2ccc(-c3ccc(F)cc3)cc2)C1. The van der Waals surface area contributed by atoms with Crippen molar-refractivity contribution < 1.29 is 14.3 Å². The van der Waals surface area contributed by atoms with E-state index in [1.807, 2.05) is 12.1 Å². The first-order chi connectivity index (χ1) is 13.9. The Balaban J connectivity index is 1.48. The number of nitrogens with one attached hydrogen (secondary N) is 1. The van der Waals surface area contributed by atoms with Crippen LogP contribution in [0.25, 0.3) is 11.1 Å². The highest BCUT2D eigenvalue weighted by Gasteiger charge is 2.47. The number of carboxylic acids is 1. The molecule has 1 aliphatic rings. The van der Waals surface area contributed by atoms with Crippen LogP contribution in [0.1, 0.15) is 37.7 Å². The molecule has 0 spiro atoms. The Labute approximate surface area is 173 Å². The van der Waals surface area contributed by atoms with Crippen molar-refractivity contribution in [3.8, 4) is 11.1 Å². The van der Waals surface area contributed by atoms with Gasteiger partial charge in [0.05, 0.1) is 7.85 Å². The first-order valence-electron chi connectivity index (χ1n) is 10.2. The van der Waals surface area contributed by atoms with Crippen LogP contribution in [0.5, 0.6) is 0 Å². The second-order valence-corrected chi connectivity index (χ2v) is 8.04. The Morgan fingerprint density at radius 1 is 1.10 bits per heavy atom. The topological polar surface area (TPSA) is 75.4 Å². The number of unbranched alkanes of at least 4 members (excludes halogenated alkanes) is 1. The molecular formula is C23H28BFN2O2. The number of aliphatic carboxylic acids is 1. The zero-order valence-corrected chi connectivity index (χ0v) is 16.6. The molecule has 0 heterocycles. The Kier molecular flexibility index (Phi) is 7.09. The van der Waals surface area contributed by atoms with Gasteiger partial charge in [-0.2, -0.15) is 0 Å². The fourth-order valence-electron chi connectivity index (χ4n) is 3.97. The van der Waals surface area contributed by atoms with Crippen LogP contribution in [0.2, 0.25) is 6.32 Å². The van der Waals surface area contributed by atoms with Crippen molar-refractivity contribution in [2.75, 3.05) is 0 Å². The summed E-state index contributed by atoms with van der Waals surface area (Å²) in [6, 6.07) is 14.9. The molecular weight excluding hydrogens is 366 g/mol. The van der Waals surface area contributed by atoms with E-state index in [1.54, 1.807) is 12.1 Å². The summed E-state index contributed by atoms with van der Waals surface area (Å²) in [6.07, 6.45) is 4.13. The van der Waals surface area contributed by atoms with Crippen molar-refractivity contribution in [1.82, 2.24) is 5.32 Å². The minimum absolute atomic E-state index is 0.00359. The maximum absolute atomic E-state index is 13.1. The monoisotopic (exact) mass is 394 g/mol. The Morgan fingerprint density at radius 2 is 1.69 bits per heavy atom. The van der Waals surface area contributed by atoms with Crippen molar-refractivity contribution in [2.45, 2.75) is 56.5 Å². The lowest BCUT2D eigenvalue weighted by molar-refractivity contribution is -0.148. The van der Waals surface area contributed by atoms with Crippen molar-refractivity contribution >= 4 is 13.8 Å². The quantitative estimate of drug-likeness (QED) is 0.422. The van der Waals surface area contributed by atoms with E-state index in [1.165, 1.54) is 12.1 Å². The molecule has 0 bridgehead atoms. The molecule has 2 radical (unpaired) electrons. The van der Waals surface area contributed by atoms with Gasteiger partial charge in [-0.15, -0.1) is 0 Å². The third-order valence-electron chi connectivity index (χ3n) is 6.04. The van der Waals surface area contributed by atoms with E-state index in [4.69, 9.17) is 13.6 Å². The van der Waals surface area contributed by atoms with E-state index in [-0.39, 0.29) is 17.8 Å². The highest BCUT2D eigenvalue weighted by molar-refractivity contribution is 6.08. The molecule has 0 aromatic heterocycles. The molecule has 4 nitrogen and oxygen atoms in total. The van der Waals surface area contributed by atoms with Crippen LogP contribution >= 0.6 is 0 Å². The molecule has 1 fully saturated rings. The van der Waals surface area contributed by atoms with Crippen LogP contribution < -0.4 is 11.1 Å². The molecule has 0 saturated heterocycles. The summed E-state index contributed by atoms with van der Waals surface area (Å²) in [5, 5.41) is 13.1. The largest absolute Gasteiger partial charge is 0.480 e. The van der Waals surface area contributed by atoms with Crippen LogP contribution in [-0.2, 0) is 11.3 Å². The molecule has 1 aliphatic carbocycles. The lowest BCUT2D eigenvalue weighted by Crippen LogP contribution is -2.60. The van der Waals surface area contributed by atoms with Gasteiger partial charge in [-0.05, 0) is 54.0 Å². The average molecular weight is 394 g/mol. The number of halogens is 1. The van der Waals surface area contributed by atoms with Crippen LogP contribution in [0, 0.1) is 11.7 Å². The normalized spacial score (nSPS) is 20.6. The van der Waals surface area contributed by atoms with E-state index in [9.17, 15) is 14.3 Å². The van der Waals surface area contributed by atoms with E-state index < -0.39 is 11.5 Å². The maximum atomic E-state index is 13.1. The van der Waals surface area contributed by atoms with Gasteiger partial charge in [0.25, 0.3) is 0 Å². The molecule has 6 heteroatoms. The highest BCUT2D eigenvalue weighted by Crippen LogP contribution is 2.38. The third-order valence-corrected chi connectivity index (χ3v) is 6.04. The molecule has 0 aliphatic heterocycles. The minimum atomic E-state index is -1.15. The molecule has 2 aromatic carbocycles. The van der Waals surface area contributed by atoms with Crippen molar-refractivity contribution in [3.05, 3.63) is 59.9 Å². The van der Waals surface area contributed by atoms with Gasteiger partial charge in [-0.1, -0.05) is 55.6 Å². The predicted molar refractivity (Wildman–Crippen MR) is 114 cm³/mol. The van der Waals surface area contributed by atoms with E-state index in [0.717, 1.165) is 48.9 Å². The molecule has 4 N–H and O–H groups in total. The molecule has 29 heavy (non-hydrogen) atoms. The molecule has 0 amide bonds. The average Bonchev–Trinajstić information content (AvgIpc) is 2.68. The number of hydrogen-bond donors (Lipinski definition) is 3. The first kappa shape index (κ1) is 21.5. The van der Waals surface area contributed by atoms with Crippen molar-refractivity contribution in [2.24, 2.45) is 11.7 Å². The van der Waals surface area contributed by atoms with Gasteiger partial charge in [-0.3, -0.25) is 4.79 Å². The lowest BCUT2D eigenvalue weighted by Gasteiger charge is -2.45. The summed E-state index contributed by atoms with van der Waals surface area (Å²) in [5.74, 6) is -1.15. The van der Waals surface area contributed by atoms with Gasteiger partial charge in [0, 0.05) is 12.6 Å². The zero-order chi connectivity index (χ0) is 20.9. The number of rotatable bonds is 10. The highest BCUT2D eigenvalue weighted by atomic mass is 19.1. The number of carboxylic acid groups (broad SMARTS) is 1. The summed E-state index contributed by atoms with van der Waals surface area (Å²) >= 11 is 0. The van der Waals surface area contributed by atoms with Crippen LogP contribution in [0.3, 0.4) is 0 Å². The Morgan fingerprint density at radius 3 is 2.24 bits per heavy atom. The number of benzene rings is 2. The standard InChI is InChI=1S/C23H28BFN2O2/c24-12-2-1-11-23(26,22(28)29)19-13-21(14-19)27-15-16-3-5-17(6-4-16)18-7-9-20(25)10-8-18/h3-10,19,21,27H,1-2,11-15,26H2,(H,28,29). The lowest BCUT2D eigenvalue weighted by atomic mass is 9.66. The van der Waals surface area contributed by atoms with Gasteiger partial charge < -0.3 is 16.2 Å². The Hall–Kier alpha value is -2.18. The summed E-state index contributed by atoms with van der Waals surface area (Å²) in [6.45, 7) is 0.721. The summed E-state index contributed by atoms with van der Waals surface area (Å²) in [4.78, 5) is 11.7. The number of carbonyl (C=O) groups is 1. The van der Waals surface area contributed by atoms with Crippen molar-refractivity contribution in [1.29, 1.82) is 0 Å². The second-order valence-electron chi connectivity index (χ2n) is 8.04. The smallest absolute Gasteiger partial charge is 0.323 e. The van der Waals surface area contributed by atoms with Crippen LogP contribution in [0.15, 0.2) is 48.5 Å². The molecule has 2 aromatic rings. The zero-order valence-electron chi connectivity index (χ0n) is 16.6. The van der Waals surface area contributed by atoms with Crippen LogP contribution in [0.4, 0.5) is 4.39 Å². The number of nitrogens with two attached hydrogens (primary N) is 1. The molecule has 3 rings (SSSR count). The second kappa shape index (κ2) is 9.55. The van der Waals surface area contributed by atoms with E-state index >= 15 is 0 Å². The van der Waals surface area contributed by atoms with Gasteiger partial charge in [0.2, 0.25) is 0 Å². The predicted octanol–water partition coefficient (Wildman–Crippen LogP) is 3.90. The molecule has 1 saturated carbocycles. The first-order valence-corrected chi connectivity index (χ1v) is 10.2. The fourth-order valence-corrected chi connectivity index (χ4v) is 3.97. The van der Waals surface area contributed by atoms with Crippen LogP contribution in [-0.4, -0.2) is 30.5 Å². The fraction of sp³-hybridized carbons (Fsp3) is 0.435. The van der Waals surface area contributed by atoms with E-state index in [0.29, 0.717) is 12.7 Å². The maximum Gasteiger partial charge on any atom is 0.323 e.